The van der Waals surface area contributed by atoms with E-state index in [4.69, 9.17) is 9.47 Å². The van der Waals surface area contributed by atoms with Gasteiger partial charge in [0, 0.05) is 21.9 Å². The third-order valence-corrected chi connectivity index (χ3v) is 4.84. The molecular formula is C20H25NO3S. The second-order valence-electron chi connectivity index (χ2n) is 6.02. The lowest BCUT2D eigenvalue weighted by molar-refractivity contribution is -0.128. The Balaban J connectivity index is 2.13. The fourth-order valence-corrected chi connectivity index (χ4v) is 3.36. The predicted molar refractivity (Wildman–Crippen MR) is 103 cm³/mol. The number of nitrogens with zero attached hydrogens (tertiary/aromatic N) is 1. The van der Waals surface area contributed by atoms with Gasteiger partial charge in [-0.15, -0.1) is 11.3 Å². The van der Waals surface area contributed by atoms with Crippen LogP contribution in [-0.2, 0) is 11.3 Å². The van der Waals surface area contributed by atoms with Gasteiger partial charge in [0.05, 0.1) is 20.8 Å². The molecule has 134 valence electrons. The predicted octanol–water partition coefficient (Wildman–Crippen LogP) is 4.52. The van der Waals surface area contributed by atoms with Gasteiger partial charge in [-0.05, 0) is 56.7 Å². The van der Waals surface area contributed by atoms with Crippen LogP contribution in [0.2, 0.25) is 0 Å². The summed E-state index contributed by atoms with van der Waals surface area (Å²) < 4.78 is 10.5. The summed E-state index contributed by atoms with van der Waals surface area (Å²) in [5.74, 6) is 1.31. The Labute approximate surface area is 153 Å². The molecule has 0 bridgehead atoms. The topological polar surface area (TPSA) is 38.8 Å². The highest BCUT2D eigenvalue weighted by atomic mass is 32.1. The maximum atomic E-state index is 12.6. The molecule has 0 saturated carbocycles. The van der Waals surface area contributed by atoms with Gasteiger partial charge >= 0.3 is 0 Å². The van der Waals surface area contributed by atoms with E-state index >= 15 is 0 Å². The van der Waals surface area contributed by atoms with E-state index in [1.165, 1.54) is 9.75 Å². The summed E-state index contributed by atoms with van der Waals surface area (Å²) in [4.78, 5) is 16.9. The van der Waals surface area contributed by atoms with E-state index in [0.717, 1.165) is 5.56 Å². The number of hydrogen-bond donors (Lipinski definition) is 0. The highest BCUT2D eigenvalue weighted by molar-refractivity contribution is 7.11. The van der Waals surface area contributed by atoms with Gasteiger partial charge in [0.1, 0.15) is 0 Å². The third kappa shape index (κ3) is 5.10. The summed E-state index contributed by atoms with van der Waals surface area (Å²) in [6.45, 7) is 6.77. The number of thiophene rings is 1. The molecular weight excluding hydrogens is 334 g/mol. The van der Waals surface area contributed by atoms with Crippen LogP contribution in [0.1, 0.15) is 29.2 Å². The highest BCUT2D eigenvalue weighted by Gasteiger charge is 2.16. The van der Waals surface area contributed by atoms with E-state index in [-0.39, 0.29) is 11.9 Å². The van der Waals surface area contributed by atoms with Gasteiger partial charge in [0.15, 0.2) is 11.5 Å². The summed E-state index contributed by atoms with van der Waals surface area (Å²) in [7, 11) is 3.20. The number of methoxy groups -OCH3 is 2. The number of aryl methyl sites for hydroxylation is 1. The number of ether oxygens (including phenoxy) is 2. The fourth-order valence-electron chi connectivity index (χ4n) is 2.47. The molecule has 2 aromatic rings. The maximum Gasteiger partial charge on any atom is 0.247 e. The molecule has 2 rings (SSSR count). The second kappa shape index (κ2) is 8.72. The Morgan fingerprint density at radius 1 is 1.16 bits per heavy atom. The molecule has 1 amide bonds. The summed E-state index contributed by atoms with van der Waals surface area (Å²) in [6, 6.07) is 9.88. The van der Waals surface area contributed by atoms with E-state index in [2.05, 4.69) is 19.1 Å². The molecule has 0 N–H and O–H groups in total. The van der Waals surface area contributed by atoms with Crippen molar-refractivity contribution in [3.8, 4) is 11.5 Å². The Morgan fingerprint density at radius 3 is 2.44 bits per heavy atom. The van der Waals surface area contributed by atoms with Crippen LogP contribution in [0.5, 0.6) is 11.5 Å². The summed E-state index contributed by atoms with van der Waals surface area (Å²) >= 11 is 1.73. The first-order valence-corrected chi connectivity index (χ1v) is 9.02. The zero-order valence-electron chi connectivity index (χ0n) is 15.4. The van der Waals surface area contributed by atoms with Gasteiger partial charge in [-0.3, -0.25) is 4.79 Å². The molecule has 0 saturated heterocycles. The molecule has 0 aliphatic rings. The van der Waals surface area contributed by atoms with Crippen molar-refractivity contribution in [3.63, 3.8) is 0 Å². The molecule has 0 fully saturated rings. The van der Waals surface area contributed by atoms with Crippen LogP contribution < -0.4 is 9.47 Å². The number of carbonyl (C=O) groups excluding carboxylic acids is 1. The van der Waals surface area contributed by atoms with Gasteiger partial charge in [-0.25, -0.2) is 0 Å². The highest BCUT2D eigenvalue weighted by Crippen LogP contribution is 2.28. The molecule has 0 atom stereocenters. The first-order chi connectivity index (χ1) is 11.9. The Hall–Kier alpha value is -2.27. The minimum Gasteiger partial charge on any atom is -0.493 e. The van der Waals surface area contributed by atoms with Crippen molar-refractivity contribution in [2.75, 3.05) is 14.2 Å². The first kappa shape index (κ1) is 19.1. The van der Waals surface area contributed by atoms with Gasteiger partial charge in [0.2, 0.25) is 5.91 Å². The van der Waals surface area contributed by atoms with Gasteiger partial charge < -0.3 is 14.4 Å². The van der Waals surface area contributed by atoms with E-state index in [0.29, 0.717) is 18.0 Å². The van der Waals surface area contributed by atoms with Crippen LogP contribution in [-0.4, -0.2) is 31.1 Å². The van der Waals surface area contributed by atoms with Crippen molar-refractivity contribution in [3.05, 3.63) is 51.7 Å². The quantitative estimate of drug-likeness (QED) is 0.682. The molecule has 25 heavy (non-hydrogen) atoms. The standard InChI is InChI=1S/C20H25NO3S/c1-14(2)21(13-17-9-6-15(3)25-17)20(22)11-8-16-7-10-18(23-4)19(12-16)24-5/h6-12,14H,13H2,1-5H3/b11-8+. The summed E-state index contributed by atoms with van der Waals surface area (Å²) in [5, 5.41) is 0. The lowest BCUT2D eigenvalue weighted by atomic mass is 10.1. The molecule has 1 aromatic carbocycles. The number of rotatable bonds is 7. The van der Waals surface area contributed by atoms with Gasteiger partial charge in [-0.2, -0.15) is 0 Å². The normalized spacial score (nSPS) is 11.1. The van der Waals surface area contributed by atoms with Gasteiger partial charge in [-0.1, -0.05) is 6.07 Å². The molecule has 0 unspecified atom stereocenters. The van der Waals surface area contributed by atoms with Crippen LogP contribution in [0, 0.1) is 6.92 Å². The number of amides is 1. The van der Waals surface area contributed by atoms with Crippen molar-refractivity contribution in [2.24, 2.45) is 0 Å². The smallest absolute Gasteiger partial charge is 0.247 e. The molecule has 1 aromatic heterocycles. The van der Waals surface area contributed by atoms with Crippen molar-refractivity contribution in [2.45, 2.75) is 33.4 Å². The zero-order valence-corrected chi connectivity index (χ0v) is 16.2. The summed E-state index contributed by atoms with van der Waals surface area (Å²) in [6.07, 6.45) is 3.42. The maximum absolute atomic E-state index is 12.6. The van der Waals surface area contributed by atoms with E-state index in [1.54, 1.807) is 37.7 Å². The van der Waals surface area contributed by atoms with Crippen LogP contribution >= 0.6 is 11.3 Å². The molecule has 0 aliphatic carbocycles. The van der Waals surface area contributed by atoms with Crippen LogP contribution in [0.4, 0.5) is 0 Å². The molecule has 0 aliphatic heterocycles. The molecule has 0 radical (unpaired) electrons. The first-order valence-electron chi connectivity index (χ1n) is 8.20. The third-order valence-electron chi connectivity index (χ3n) is 3.85. The summed E-state index contributed by atoms with van der Waals surface area (Å²) in [5.41, 5.74) is 0.890. The average molecular weight is 359 g/mol. The lowest BCUT2D eigenvalue weighted by Gasteiger charge is -2.25. The average Bonchev–Trinajstić information content (AvgIpc) is 3.02. The largest absolute Gasteiger partial charge is 0.493 e. The Kier molecular flexibility index (Phi) is 6.65. The minimum absolute atomic E-state index is 0.00385. The Bertz CT molecular complexity index is 749. The zero-order chi connectivity index (χ0) is 18.4. The SMILES string of the molecule is COc1ccc(/C=C/C(=O)N(Cc2ccc(C)s2)C(C)C)cc1OC. The number of carbonyl (C=O) groups is 1. The van der Waals surface area contributed by atoms with E-state index in [1.807, 2.05) is 36.9 Å². The monoisotopic (exact) mass is 359 g/mol. The van der Waals surface area contributed by atoms with E-state index < -0.39 is 0 Å². The molecule has 4 nitrogen and oxygen atoms in total. The molecule has 1 heterocycles. The van der Waals surface area contributed by atoms with Crippen LogP contribution in [0.3, 0.4) is 0 Å². The van der Waals surface area contributed by atoms with Crippen molar-refractivity contribution in [1.29, 1.82) is 0 Å². The lowest BCUT2D eigenvalue weighted by Crippen LogP contribution is -2.34. The van der Waals surface area contributed by atoms with Crippen molar-refractivity contribution < 1.29 is 14.3 Å². The van der Waals surface area contributed by atoms with Gasteiger partial charge in [0.25, 0.3) is 0 Å². The molecule has 5 heteroatoms. The molecule has 0 spiro atoms. The second-order valence-corrected chi connectivity index (χ2v) is 7.39. The van der Waals surface area contributed by atoms with Crippen molar-refractivity contribution in [1.82, 2.24) is 4.90 Å². The van der Waals surface area contributed by atoms with E-state index in [9.17, 15) is 4.79 Å². The number of hydrogen-bond acceptors (Lipinski definition) is 4. The minimum atomic E-state index is -0.00385. The van der Waals surface area contributed by atoms with Crippen LogP contribution in [0.15, 0.2) is 36.4 Å². The van der Waals surface area contributed by atoms with Crippen molar-refractivity contribution >= 4 is 23.3 Å². The van der Waals surface area contributed by atoms with Crippen LogP contribution in [0.25, 0.3) is 6.08 Å². The fraction of sp³-hybridized carbons (Fsp3) is 0.350. The Morgan fingerprint density at radius 2 is 1.88 bits per heavy atom. The number of benzene rings is 1.